The Bertz CT molecular complexity index is 790. The lowest BCUT2D eigenvalue weighted by Crippen LogP contribution is -1.99. The van der Waals surface area contributed by atoms with E-state index in [0.29, 0.717) is 0 Å². The van der Waals surface area contributed by atoms with Gasteiger partial charge >= 0.3 is 0 Å². The number of aryl methyl sites for hydroxylation is 3. The summed E-state index contributed by atoms with van der Waals surface area (Å²) in [6.45, 7) is 6.30. The molecule has 1 N–H and O–H groups in total. The van der Waals surface area contributed by atoms with Crippen LogP contribution in [-0.2, 0) is 6.42 Å². The van der Waals surface area contributed by atoms with Gasteiger partial charge in [0.15, 0.2) is 0 Å². The molecule has 3 aromatic rings. The highest BCUT2D eigenvalue weighted by Gasteiger charge is 2.12. The van der Waals surface area contributed by atoms with Crippen molar-refractivity contribution in [2.24, 2.45) is 0 Å². The summed E-state index contributed by atoms with van der Waals surface area (Å²) in [6, 6.07) is 8.37. The molecule has 0 atom stereocenters. The summed E-state index contributed by atoms with van der Waals surface area (Å²) >= 11 is 7.74. The summed E-state index contributed by atoms with van der Waals surface area (Å²) < 4.78 is 0. The van der Waals surface area contributed by atoms with Crippen LogP contribution in [0.5, 0.6) is 0 Å². The molecule has 0 radical (unpaired) electrons. The van der Waals surface area contributed by atoms with Gasteiger partial charge < -0.3 is 5.32 Å². The molecule has 21 heavy (non-hydrogen) atoms. The van der Waals surface area contributed by atoms with Crippen molar-refractivity contribution in [3.05, 3.63) is 45.6 Å². The number of nitrogens with zero attached hydrogens (tertiary/aromatic N) is 2. The fourth-order valence-electron chi connectivity index (χ4n) is 2.34. The van der Waals surface area contributed by atoms with Crippen molar-refractivity contribution in [3.63, 3.8) is 0 Å². The first-order valence-corrected chi connectivity index (χ1v) is 8.07. The summed E-state index contributed by atoms with van der Waals surface area (Å²) in [5, 5.41) is 4.74. The molecule has 1 aromatic carbocycles. The second-order valence-corrected chi connectivity index (χ2v) is 6.47. The molecule has 0 aliphatic heterocycles. The highest BCUT2D eigenvalue weighted by atomic mass is 35.5. The van der Waals surface area contributed by atoms with Gasteiger partial charge in [0.2, 0.25) is 5.28 Å². The normalized spacial score (nSPS) is 11.0. The van der Waals surface area contributed by atoms with Crippen LogP contribution in [0.1, 0.15) is 22.9 Å². The van der Waals surface area contributed by atoms with E-state index in [9.17, 15) is 0 Å². The maximum absolute atomic E-state index is 6.07. The number of aromatic nitrogens is 2. The van der Waals surface area contributed by atoms with Crippen molar-refractivity contribution in [1.82, 2.24) is 9.97 Å². The largest absolute Gasteiger partial charge is 0.339 e. The van der Waals surface area contributed by atoms with Crippen molar-refractivity contribution in [1.29, 1.82) is 0 Å². The molecular weight excluding hydrogens is 302 g/mol. The van der Waals surface area contributed by atoms with Crippen LogP contribution < -0.4 is 5.32 Å². The first kappa shape index (κ1) is 14.3. The molecule has 0 amide bonds. The Morgan fingerprint density at radius 1 is 1.19 bits per heavy atom. The number of nitrogens with one attached hydrogen (secondary N) is 1. The summed E-state index contributed by atoms with van der Waals surface area (Å²) in [5.74, 6) is 0.776. The Morgan fingerprint density at radius 3 is 2.57 bits per heavy atom. The van der Waals surface area contributed by atoms with Gasteiger partial charge in [-0.15, -0.1) is 11.3 Å². The van der Waals surface area contributed by atoms with Crippen molar-refractivity contribution in [2.75, 3.05) is 5.32 Å². The minimum absolute atomic E-state index is 0.278. The van der Waals surface area contributed by atoms with E-state index in [0.717, 1.165) is 28.1 Å². The zero-order valence-electron chi connectivity index (χ0n) is 12.2. The van der Waals surface area contributed by atoms with Crippen LogP contribution in [0.25, 0.3) is 10.2 Å². The SMILES string of the molecule is CCc1cc2c(Nc3c(C)cccc3C)nc(Cl)nc2s1. The van der Waals surface area contributed by atoms with E-state index < -0.39 is 0 Å². The Kier molecular flexibility index (Phi) is 3.83. The second-order valence-electron chi connectivity index (χ2n) is 5.02. The monoisotopic (exact) mass is 317 g/mol. The number of rotatable bonds is 3. The number of halogens is 1. The van der Waals surface area contributed by atoms with E-state index in [2.05, 4.69) is 60.3 Å². The maximum Gasteiger partial charge on any atom is 0.225 e. The standard InChI is InChI=1S/C16H16ClN3S/c1-4-11-8-12-14(19-16(17)20-15(12)21-11)18-13-9(2)6-5-7-10(13)3/h5-8H,4H2,1-3H3,(H,18,19,20). The Hall–Kier alpha value is -1.65. The quantitative estimate of drug-likeness (QED) is 0.669. The van der Waals surface area contributed by atoms with Gasteiger partial charge in [-0.3, -0.25) is 0 Å². The highest BCUT2D eigenvalue weighted by Crippen LogP contribution is 2.33. The molecule has 3 nitrogen and oxygen atoms in total. The number of benzene rings is 1. The van der Waals surface area contributed by atoms with E-state index in [1.54, 1.807) is 11.3 Å². The zero-order chi connectivity index (χ0) is 15.0. The van der Waals surface area contributed by atoms with Crippen molar-refractivity contribution >= 4 is 44.7 Å². The molecule has 3 rings (SSSR count). The first-order chi connectivity index (χ1) is 10.1. The molecule has 0 saturated carbocycles. The fourth-order valence-corrected chi connectivity index (χ4v) is 3.53. The molecule has 0 spiro atoms. The number of para-hydroxylation sites is 1. The van der Waals surface area contributed by atoms with Crippen molar-refractivity contribution in [3.8, 4) is 0 Å². The summed E-state index contributed by atoms with van der Waals surface area (Å²) in [4.78, 5) is 10.9. The van der Waals surface area contributed by atoms with E-state index in [4.69, 9.17) is 11.6 Å². The minimum atomic E-state index is 0.278. The lowest BCUT2D eigenvalue weighted by atomic mass is 10.1. The van der Waals surface area contributed by atoms with Crippen LogP contribution in [0.3, 0.4) is 0 Å². The lowest BCUT2D eigenvalue weighted by Gasteiger charge is -2.12. The van der Waals surface area contributed by atoms with E-state index in [1.807, 2.05) is 0 Å². The summed E-state index contributed by atoms with van der Waals surface area (Å²) in [7, 11) is 0. The Morgan fingerprint density at radius 2 is 1.90 bits per heavy atom. The third-order valence-corrected chi connectivity index (χ3v) is 4.83. The van der Waals surface area contributed by atoms with Gasteiger partial charge in [-0.1, -0.05) is 25.1 Å². The second kappa shape index (κ2) is 5.62. The fraction of sp³-hybridized carbons (Fsp3) is 0.250. The highest BCUT2D eigenvalue weighted by molar-refractivity contribution is 7.18. The Balaban J connectivity index is 2.13. The van der Waals surface area contributed by atoms with E-state index in [1.165, 1.54) is 16.0 Å². The molecule has 2 aromatic heterocycles. The molecule has 5 heteroatoms. The molecule has 108 valence electrons. The molecule has 0 fully saturated rings. The van der Waals surface area contributed by atoms with Gasteiger partial charge in [-0.2, -0.15) is 4.98 Å². The van der Waals surface area contributed by atoms with Gasteiger partial charge in [0.1, 0.15) is 10.6 Å². The van der Waals surface area contributed by atoms with Crippen LogP contribution >= 0.6 is 22.9 Å². The predicted octanol–water partition coefficient (Wildman–Crippen LogP) is 5.27. The predicted molar refractivity (Wildman–Crippen MR) is 91.0 cm³/mol. The zero-order valence-corrected chi connectivity index (χ0v) is 13.8. The van der Waals surface area contributed by atoms with E-state index in [-0.39, 0.29) is 5.28 Å². The molecule has 0 bridgehead atoms. The molecule has 0 unspecified atom stereocenters. The first-order valence-electron chi connectivity index (χ1n) is 6.87. The van der Waals surface area contributed by atoms with Crippen molar-refractivity contribution < 1.29 is 0 Å². The number of fused-ring (bicyclic) bond motifs is 1. The topological polar surface area (TPSA) is 37.8 Å². The van der Waals surface area contributed by atoms with Gasteiger partial charge in [-0.05, 0) is 49.1 Å². The number of hydrogen-bond acceptors (Lipinski definition) is 4. The summed E-state index contributed by atoms with van der Waals surface area (Å²) in [5.41, 5.74) is 3.45. The number of thiophene rings is 1. The molecule has 0 aliphatic rings. The molecule has 0 saturated heterocycles. The third kappa shape index (κ3) is 2.74. The van der Waals surface area contributed by atoms with Gasteiger partial charge in [0.05, 0.1) is 5.39 Å². The summed E-state index contributed by atoms with van der Waals surface area (Å²) in [6.07, 6.45) is 0.988. The smallest absolute Gasteiger partial charge is 0.225 e. The Labute approximate surface area is 133 Å². The van der Waals surface area contributed by atoms with Gasteiger partial charge in [-0.25, -0.2) is 4.98 Å². The van der Waals surface area contributed by atoms with Crippen LogP contribution in [0.15, 0.2) is 24.3 Å². The van der Waals surface area contributed by atoms with Crippen LogP contribution in [0.4, 0.5) is 11.5 Å². The number of anilines is 2. The average Bonchev–Trinajstić information content (AvgIpc) is 2.86. The van der Waals surface area contributed by atoms with Crippen LogP contribution in [-0.4, -0.2) is 9.97 Å². The minimum Gasteiger partial charge on any atom is -0.339 e. The molecule has 2 heterocycles. The van der Waals surface area contributed by atoms with Crippen LogP contribution in [0, 0.1) is 13.8 Å². The van der Waals surface area contributed by atoms with Crippen molar-refractivity contribution in [2.45, 2.75) is 27.2 Å². The molecular formula is C16H16ClN3S. The third-order valence-electron chi connectivity index (χ3n) is 3.49. The molecule has 0 aliphatic carbocycles. The van der Waals surface area contributed by atoms with E-state index >= 15 is 0 Å². The van der Waals surface area contributed by atoms with Crippen LogP contribution in [0.2, 0.25) is 5.28 Å². The maximum atomic E-state index is 6.07. The van der Waals surface area contributed by atoms with Gasteiger partial charge in [0.25, 0.3) is 0 Å². The van der Waals surface area contributed by atoms with Gasteiger partial charge in [0, 0.05) is 10.6 Å². The average molecular weight is 318 g/mol. The lowest BCUT2D eigenvalue weighted by molar-refractivity contribution is 1.19. The number of hydrogen-bond donors (Lipinski definition) is 1.